The molecule has 0 heterocycles. The Balaban J connectivity index is 1.66. The highest BCUT2D eigenvalue weighted by molar-refractivity contribution is 7.92. The number of amides is 2. The van der Waals surface area contributed by atoms with Crippen LogP contribution >= 0.6 is 11.6 Å². The smallest absolute Gasteiger partial charge is 0.264 e. The Bertz CT molecular complexity index is 1420. The van der Waals surface area contributed by atoms with E-state index >= 15 is 0 Å². The first-order valence-electron chi connectivity index (χ1n) is 14.7. The van der Waals surface area contributed by atoms with Gasteiger partial charge in [-0.25, -0.2) is 8.42 Å². The molecule has 1 saturated carbocycles. The topological polar surface area (TPSA) is 86.8 Å². The fraction of sp³-hybridized carbons (Fsp3) is 0.394. The van der Waals surface area contributed by atoms with Gasteiger partial charge in [-0.3, -0.25) is 13.9 Å². The van der Waals surface area contributed by atoms with Crippen LogP contribution in [0, 0.1) is 6.92 Å². The Morgan fingerprint density at radius 1 is 0.929 bits per heavy atom. The number of carbonyl (C=O) groups is 2. The molecule has 0 spiro atoms. The maximum atomic E-state index is 14.2. The van der Waals surface area contributed by atoms with Crippen molar-refractivity contribution >= 4 is 39.1 Å². The van der Waals surface area contributed by atoms with Crippen molar-refractivity contribution in [1.82, 2.24) is 10.2 Å². The number of benzene rings is 3. The van der Waals surface area contributed by atoms with Gasteiger partial charge >= 0.3 is 0 Å². The van der Waals surface area contributed by atoms with Crippen LogP contribution in [-0.2, 0) is 26.0 Å². The van der Waals surface area contributed by atoms with Gasteiger partial charge in [0.2, 0.25) is 11.8 Å². The molecule has 42 heavy (non-hydrogen) atoms. The molecule has 3 aromatic rings. The predicted molar refractivity (Wildman–Crippen MR) is 168 cm³/mol. The average Bonchev–Trinajstić information content (AvgIpc) is 2.99. The number of rotatable bonds is 12. The van der Waals surface area contributed by atoms with Crippen LogP contribution in [0.1, 0.15) is 56.6 Å². The Morgan fingerprint density at radius 3 is 2.19 bits per heavy atom. The van der Waals surface area contributed by atoms with Crippen LogP contribution in [0.15, 0.2) is 83.8 Å². The summed E-state index contributed by atoms with van der Waals surface area (Å²) in [6.45, 7) is 3.58. The molecule has 1 atom stereocenters. The number of nitrogens with zero attached hydrogens (tertiary/aromatic N) is 2. The van der Waals surface area contributed by atoms with Crippen molar-refractivity contribution in [1.29, 1.82) is 0 Å². The lowest BCUT2D eigenvalue weighted by molar-refractivity contribution is -0.140. The summed E-state index contributed by atoms with van der Waals surface area (Å²) in [5.74, 6) is -0.632. The first kappa shape index (κ1) is 31.6. The van der Waals surface area contributed by atoms with Gasteiger partial charge in [-0.05, 0) is 74.6 Å². The van der Waals surface area contributed by atoms with E-state index in [4.69, 9.17) is 11.6 Å². The molecule has 1 aliphatic carbocycles. The van der Waals surface area contributed by atoms with Crippen molar-refractivity contribution in [3.63, 3.8) is 0 Å². The highest BCUT2D eigenvalue weighted by Crippen LogP contribution is 2.26. The summed E-state index contributed by atoms with van der Waals surface area (Å²) < 4.78 is 29.0. The minimum Gasteiger partial charge on any atom is -0.352 e. The highest BCUT2D eigenvalue weighted by atomic mass is 35.5. The third kappa shape index (κ3) is 8.13. The monoisotopic (exact) mass is 609 g/mol. The second-order valence-corrected chi connectivity index (χ2v) is 13.2. The third-order valence-electron chi connectivity index (χ3n) is 7.82. The molecular formula is C33H40ClN3O4S. The zero-order chi connectivity index (χ0) is 30.1. The van der Waals surface area contributed by atoms with E-state index in [0.717, 1.165) is 41.1 Å². The summed E-state index contributed by atoms with van der Waals surface area (Å²) in [6.07, 6.45) is 6.12. The van der Waals surface area contributed by atoms with Gasteiger partial charge in [0.25, 0.3) is 10.0 Å². The summed E-state index contributed by atoms with van der Waals surface area (Å²) in [6, 6.07) is 22.0. The van der Waals surface area contributed by atoms with Gasteiger partial charge in [-0.2, -0.15) is 0 Å². The molecule has 2 amide bonds. The number of nitrogens with one attached hydrogen (secondary N) is 1. The maximum absolute atomic E-state index is 14.2. The van der Waals surface area contributed by atoms with Gasteiger partial charge in [0.05, 0.1) is 10.6 Å². The quantitative estimate of drug-likeness (QED) is 0.267. The molecule has 9 heteroatoms. The second-order valence-electron chi connectivity index (χ2n) is 10.9. The number of hydrogen-bond donors (Lipinski definition) is 1. The van der Waals surface area contributed by atoms with Crippen LogP contribution in [0.2, 0.25) is 5.02 Å². The summed E-state index contributed by atoms with van der Waals surface area (Å²) in [7, 11) is -4.11. The zero-order valence-electron chi connectivity index (χ0n) is 24.3. The van der Waals surface area contributed by atoms with Crippen LogP contribution in [0.25, 0.3) is 0 Å². The molecule has 224 valence electrons. The molecule has 3 aromatic carbocycles. The van der Waals surface area contributed by atoms with E-state index in [0.29, 0.717) is 23.6 Å². The van der Waals surface area contributed by atoms with Crippen LogP contribution in [0.3, 0.4) is 0 Å². The molecule has 1 fully saturated rings. The maximum Gasteiger partial charge on any atom is 0.264 e. The lowest BCUT2D eigenvalue weighted by atomic mass is 9.95. The lowest BCUT2D eigenvalue weighted by Crippen LogP contribution is -2.54. The highest BCUT2D eigenvalue weighted by Gasteiger charge is 2.34. The van der Waals surface area contributed by atoms with Crippen molar-refractivity contribution in [2.24, 2.45) is 0 Å². The van der Waals surface area contributed by atoms with Gasteiger partial charge in [-0.1, -0.05) is 85.8 Å². The molecule has 0 radical (unpaired) electrons. The molecule has 1 N–H and O–H groups in total. The van der Waals surface area contributed by atoms with Crippen LogP contribution in [0.4, 0.5) is 5.69 Å². The van der Waals surface area contributed by atoms with Gasteiger partial charge in [-0.15, -0.1) is 0 Å². The van der Waals surface area contributed by atoms with Crippen molar-refractivity contribution in [3.8, 4) is 0 Å². The van der Waals surface area contributed by atoms with E-state index in [1.807, 2.05) is 44.2 Å². The van der Waals surface area contributed by atoms with E-state index in [-0.39, 0.29) is 23.4 Å². The molecule has 0 bridgehead atoms. The van der Waals surface area contributed by atoms with E-state index in [1.165, 1.54) is 18.6 Å². The third-order valence-corrected chi connectivity index (χ3v) is 9.86. The van der Waals surface area contributed by atoms with Gasteiger partial charge in [0.15, 0.2) is 0 Å². The second kappa shape index (κ2) is 14.7. The fourth-order valence-corrected chi connectivity index (χ4v) is 6.95. The number of carbonyl (C=O) groups excluding carboxylic acids is 2. The summed E-state index contributed by atoms with van der Waals surface area (Å²) in [5.41, 5.74) is 2.26. The standard InChI is InChI=1S/C33H40ClN3O4S/c1-3-31(33(39)35-28-12-8-5-9-13-28)36(23-22-26-10-6-4-7-11-26)32(38)24-37(29-18-16-27(34)17-19-29)42(40,41)30-20-14-25(2)15-21-30/h4,6-7,10-11,14-21,28,31H,3,5,8-9,12-13,22-24H2,1-2H3,(H,35,39)/t31-/m1/s1. The molecule has 7 nitrogen and oxygen atoms in total. The van der Waals surface area contributed by atoms with Gasteiger partial charge < -0.3 is 10.2 Å². The van der Waals surface area contributed by atoms with Crippen molar-refractivity contribution in [2.75, 3.05) is 17.4 Å². The lowest BCUT2D eigenvalue weighted by Gasteiger charge is -2.34. The van der Waals surface area contributed by atoms with Crippen molar-refractivity contribution < 1.29 is 18.0 Å². The first-order valence-corrected chi connectivity index (χ1v) is 16.5. The van der Waals surface area contributed by atoms with Crippen LogP contribution in [-0.4, -0.2) is 50.3 Å². The molecular weight excluding hydrogens is 570 g/mol. The molecule has 0 aliphatic heterocycles. The normalized spacial score (nSPS) is 14.6. The summed E-state index contributed by atoms with van der Waals surface area (Å²) in [4.78, 5) is 29.4. The number of sulfonamides is 1. The largest absolute Gasteiger partial charge is 0.352 e. The number of aryl methyl sites for hydroxylation is 1. The summed E-state index contributed by atoms with van der Waals surface area (Å²) in [5, 5.41) is 3.63. The van der Waals surface area contributed by atoms with Gasteiger partial charge in [0, 0.05) is 17.6 Å². The fourth-order valence-electron chi connectivity index (χ4n) is 5.41. The van der Waals surface area contributed by atoms with E-state index in [2.05, 4.69) is 5.32 Å². The first-order chi connectivity index (χ1) is 20.2. The molecule has 0 unspecified atom stereocenters. The number of halogens is 1. The minimum absolute atomic E-state index is 0.0776. The SMILES string of the molecule is CC[C@H](C(=O)NC1CCCCC1)N(CCc1ccccc1)C(=O)CN(c1ccc(Cl)cc1)S(=O)(=O)c1ccc(C)cc1. The van der Waals surface area contributed by atoms with Crippen molar-refractivity contribution in [3.05, 3.63) is 95.0 Å². The molecule has 4 rings (SSSR count). The molecule has 0 saturated heterocycles. The molecule has 1 aliphatic rings. The Kier molecular flexibility index (Phi) is 11.0. The van der Waals surface area contributed by atoms with Crippen LogP contribution in [0.5, 0.6) is 0 Å². The summed E-state index contributed by atoms with van der Waals surface area (Å²) >= 11 is 6.11. The van der Waals surface area contributed by atoms with E-state index in [9.17, 15) is 18.0 Å². The zero-order valence-corrected chi connectivity index (χ0v) is 25.9. The molecule has 0 aromatic heterocycles. The predicted octanol–water partition coefficient (Wildman–Crippen LogP) is 6.14. The number of hydrogen-bond acceptors (Lipinski definition) is 4. The van der Waals surface area contributed by atoms with Crippen LogP contribution < -0.4 is 9.62 Å². The number of anilines is 1. The van der Waals surface area contributed by atoms with Crippen molar-refractivity contribution in [2.45, 2.75) is 75.8 Å². The Morgan fingerprint density at radius 2 is 1.57 bits per heavy atom. The Labute approximate surface area is 254 Å². The average molecular weight is 610 g/mol. The van der Waals surface area contributed by atoms with Gasteiger partial charge in [0.1, 0.15) is 12.6 Å². The Hall–Kier alpha value is -3.36. The van der Waals surface area contributed by atoms with E-state index < -0.39 is 28.5 Å². The minimum atomic E-state index is -4.11. The van der Waals surface area contributed by atoms with E-state index in [1.54, 1.807) is 41.3 Å².